The van der Waals surface area contributed by atoms with Crippen LogP contribution in [0.3, 0.4) is 0 Å². The SMILES string of the molecule is CC.CC.CN1C(=O)c2ccccc2C1=O.CN1C(=O)c2ccccc2C1=O.Cc1cc2c(cc1-c1cc3c(cc1C)C(=O)N(C)C3=O)C(=O)N(C)C2=O.[CH3-].[CH3-].[Y]. The van der Waals surface area contributed by atoms with Crippen LogP contribution in [-0.2, 0) is 32.7 Å². The van der Waals surface area contributed by atoms with Gasteiger partial charge >= 0.3 is 0 Å². The topological polar surface area (TPSA) is 150 Å². The summed E-state index contributed by atoms with van der Waals surface area (Å²) in [6.07, 6.45) is 0. The fraction of sp³-hybridized carbons (Fsp3) is 0.227. The van der Waals surface area contributed by atoms with Crippen molar-refractivity contribution in [3.63, 3.8) is 0 Å². The summed E-state index contributed by atoms with van der Waals surface area (Å²) in [5.41, 5.74) is 6.72. The summed E-state index contributed by atoms with van der Waals surface area (Å²) >= 11 is 0. The summed E-state index contributed by atoms with van der Waals surface area (Å²) in [5, 5.41) is 0. The molecule has 4 heterocycles. The minimum atomic E-state index is -0.337. The molecule has 0 unspecified atom stereocenters. The Kier molecular flexibility index (Phi) is 17.5. The molecule has 12 nitrogen and oxygen atoms in total. The van der Waals surface area contributed by atoms with Crippen LogP contribution in [0.15, 0.2) is 72.8 Å². The predicted molar refractivity (Wildman–Crippen MR) is 215 cm³/mol. The molecule has 8 rings (SSSR count). The zero-order valence-corrected chi connectivity index (χ0v) is 37.4. The van der Waals surface area contributed by atoms with Gasteiger partial charge in [0.15, 0.2) is 0 Å². The number of carbonyl (C=O) groups is 8. The zero-order chi connectivity index (χ0) is 40.3. The van der Waals surface area contributed by atoms with Gasteiger partial charge in [-0.15, -0.1) is 0 Å². The Morgan fingerprint density at radius 2 is 0.491 bits per heavy atom. The maximum Gasteiger partial charge on any atom is 0.261 e. The van der Waals surface area contributed by atoms with Crippen LogP contribution in [0.1, 0.15) is 122 Å². The summed E-state index contributed by atoms with van der Waals surface area (Å²) in [7, 11) is 5.90. The van der Waals surface area contributed by atoms with Crippen LogP contribution >= 0.6 is 0 Å². The van der Waals surface area contributed by atoms with E-state index in [1.54, 1.807) is 72.8 Å². The van der Waals surface area contributed by atoms with Crippen LogP contribution in [0.2, 0.25) is 0 Å². The maximum atomic E-state index is 12.3. The van der Waals surface area contributed by atoms with Crippen molar-refractivity contribution in [3.05, 3.63) is 143 Å². The molecule has 0 aromatic heterocycles. The average Bonchev–Trinajstić information content (AvgIpc) is 3.73. The summed E-state index contributed by atoms with van der Waals surface area (Å²) in [4.78, 5) is 98.6. The van der Waals surface area contributed by atoms with Gasteiger partial charge in [-0.3, -0.25) is 58.0 Å². The normalized spacial score (nSPS) is 13.9. The molecule has 0 fully saturated rings. The Labute approximate surface area is 360 Å². The molecule has 4 aliphatic heterocycles. The fourth-order valence-corrected chi connectivity index (χ4v) is 6.23. The van der Waals surface area contributed by atoms with Crippen molar-refractivity contribution < 1.29 is 71.1 Å². The molecule has 0 spiro atoms. The van der Waals surface area contributed by atoms with E-state index >= 15 is 0 Å². The van der Waals surface area contributed by atoms with Crippen LogP contribution in [0, 0.1) is 28.7 Å². The van der Waals surface area contributed by atoms with Crippen LogP contribution in [0.4, 0.5) is 0 Å². The molecule has 0 N–H and O–H groups in total. The molecule has 57 heavy (non-hydrogen) atoms. The molecule has 4 aromatic rings. The maximum absolute atomic E-state index is 12.3. The Balaban J connectivity index is 0.000000442. The van der Waals surface area contributed by atoms with Gasteiger partial charge in [0.05, 0.1) is 44.5 Å². The number of aryl methyl sites for hydroxylation is 2. The van der Waals surface area contributed by atoms with Crippen molar-refractivity contribution in [2.24, 2.45) is 0 Å². The molecule has 0 saturated heterocycles. The Morgan fingerprint density at radius 3 is 0.702 bits per heavy atom. The summed E-state index contributed by atoms with van der Waals surface area (Å²) in [6.45, 7) is 11.7. The molecule has 0 atom stereocenters. The number of imide groups is 4. The van der Waals surface area contributed by atoms with E-state index in [1.807, 2.05) is 41.5 Å². The first-order valence-electron chi connectivity index (χ1n) is 17.4. The third-order valence-corrected chi connectivity index (χ3v) is 9.15. The van der Waals surface area contributed by atoms with E-state index in [4.69, 9.17) is 0 Å². The van der Waals surface area contributed by atoms with Gasteiger partial charge in [-0.25, -0.2) is 0 Å². The van der Waals surface area contributed by atoms with Crippen LogP contribution in [0.5, 0.6) is 0 Å². The number of carbonyl (C=O) groups excluding carboxylic acids is 8. The Morgan fingerprint density at radius 1 is 0.316 bits per heavy atom. The first-order chi connectivity index (χ1) is 25.6. The minimum absolute atomic E-state index is 0. The van der Waals surface area contributed by atoms with Crippen LogP contribution in [-0.4, -0.2) is 95.0 Å². The number of benzene rings is 4. The van der Waals surface area contributed by atoms with Gasteiger partial charge in [0.1, 0.15) is 0 Å². The second kappa shape index (κ2) is 20.1. The van der Waals surface area contributed by atoms with Crippen molar-refractivity contribution in [2.75, 3.05) is 28.2 Å². The molecule has 0 bridgehead atoms. The molecule has 297 valence electrons. The molecule has 4 aliphatic rings. The van der Waals surface area contributed by atoms with Crippen LogP contribution in [0.25, 0.3) is 11.1 Å². The predicted octanol–water partition coefficient (Wildman–Crippen LogP) is 7.20. The molecular formula is C44H48N4O8Y-2. The van der Waals surface area contributed by atoms with Crippen molar-refractivity contribution in [2.45, 2.75) is 41.5 Å². The standard InChI is InChI=1S/C20H16N2O4.2C9H7NO2.2C2H6.2CH3.Y/c1-9-5-13-15(19(25)21(3)17(13)23)7-11(9)12-8-16-14(6-10(12)2)18(24)22(4)20(16)26;2*1-10-8(11)6-4-2-3-5-7(6)9(10)12;2*1-2;;;/h5-8H,1-4H3;2*2-5H,1H3;2*1-2H3;2*1H3;/q;;;;;2*-1;. The molecular weight excluding hydrogens is 801 g/mol. The third kappa shape index (κ3) is 8.77. The van der Waals surface area contributed by atoms with E-state index in [1.165, 1.54) is 28.2 Å². The van der Waals surface area contributed by atoms with Gasteiger partial charge in [-0.1, -0.05) is 52.0 Å². The molecule has 8 amide bonds. The first-order valence-corrected chi connectivity index (χ1v) is 17.4. The minimum Gasteiger partial charge on any atom is -0.358 e. The molecule has 0 saturated carbocycles. The quantitative estimate of drug-likeness (QED) is 0.144. The molecule has 4 aromatic carbocycles. The number of rotatable bonds is 1. The Bertz CT molecular complexity index is 2050. The van der Waals surface area contributed by atoms with Crippen molar-refractivity contribution in [1.29, 1.82) is 0 Å². The first kappa shape index (κ1) is 49.6. The summed E-state index contributed by atoms with van der Waals surface area (Å²) < 4.78 is 0. The van der Waals surface area contributed by atoms with E-state index < -0.39 is 0 Å². The van der Waals surface area contributed by atoms with E-state index in [2.05, 4.69) is 0 Å². The van der Waals surface area contributed by atoms with E-state index in [0.29, 0.717) is 44.5 Å². The number of fused-ring (bicyclic) bond motifs is 4. The smallest absolute Gasteiger partial charge is 0.261 e. The van der Waals surface area contributed by atoms with Gasteiger partial charge in [-0.2, -0.15) is 0 Å². The van der Waals surface area contributed by atoms with Crippen LogP contribution < -0.4 is 0 Å². The van der Waals surface area contributed by atoms with Crippen molar-refractivity contribution in [1.82, 2.24) is 19.6 Å². The summed E-state index contributed by atoms with van der Waals surface area (Å²) in [5.74, 6) is -2.15. The molecule has 13 heteroatoms. The number of hydrogen-bond donors (Lipinski definition) is 0. The Hall–Kier alpha value is -5.46. The van der Waals surface area contributed by atoms with Gasteiger partial charge < -0.3 is 14.9 Å². The second-order valence-electron chi connectivity index (χ2n) is 12.2. The second-order valence-corrected chi connectivity index (χ2v) is 12.2. The van der Waals surface area contributed by atoms with E-state index in [-0.39, 0.29) is 94.8 Å². The summed E-state index contributed by atoms with van der Waals surface area (Å²) in [6, 6.07) is 20.5. The third-order valence-electron chi connectivity index (χ3n) is 9.15. The average molecular weight is 850 g/mol. The van der Waals surface area contributed by atoms with Crippen molar-refractivity contribution in [3.8, 4) is 11.1 Å². The number of hydrogen-bond acceptors (Lipinski definition) is 8. The number of amides is 8. The molecule has 1 radical (unpaired) electrons. The van der Waals surface area contributed by atoms with Gasteiger partial charge in [-0.05, 0) is 84.6 Å². The monoisotopic (exact) mass is 849 g/mol. The fourth-order valence-electron chi connectivity index (χ4n) is 6.23. The van der Waals surface area contributed by atoms with E-state index in [0.717, 1.165) is 41.9 Å². The van der Waals surface area contributed by atoms with Gasteiger partial charge in [0.2, 0.25) is 0 Å². The van der Waals surface area contributed by atoms with E-state index in [9.17, 15) is 38.4 Å². The van der Waals surface area contributed by atoms with Crippen molar-refractivity contribution >= 4 is 47.3 Å². The number of nitrogens with zero attached hydrogens (tertiary/aromatic N) is 4. The largest absolute Gasteiger partial charge is 0.358 e. The van der Waals surface area contributed by atoms with Gasteiger partial charge in [0, 0.05) is 60.9 Å². The molecule has 0 aliphatic carbocycles. The zero-order valence-electron chi connectivity index (χ0n) is 34.6. The van der Waals surface area contributed by atoms with Gasteiger partial charge in [0.25, 0.3) is 47.3 Å².